The van der Waals surface area contributed by atoms with Gasteiger partial charge in [0, 0.05) is 24.2 Å². The van der Waals surface area contributed by atoms with Crippen LogP contribution in [0.2, 0.25) is 0 Å². The first-order chi connectivity index (χ1) is 14.7. The highest BCUT2D eigenvalue weighted by Crippen LogP contribution is 2.37. The van der Waals surface area contributed by atoms with Crippen LogP contribution >= 0.6 is 0 Å². The highest BCUT2D eigenvalue weighted by atomic mass is 16.5. The van der Waals surface area contributed by atoms with E-state index < -0.39 is 0 Å². The maximum Gasteiger partial charge on any atom is 0.221 e. The second-order valence-electron chi connectivity index (χ2n) is 7.13. The van der Waals surface area contributed by atoms with Crippen molar-refractivity contribution in [3.05, 3.63) is 77.9 Å². The minimum Gasteiger partial charge on any atom is -0.497 e. The molecule has 1 aliphatic heterocycles. The highest BCUT2D eigenvalue weighted by molar-refractivity contribution is 5.94. The molecule has 1 aliphatic rings. The molecule has 0 saturated heterocycles. The van der Waals surface area contributed by atoms with Gasteiger partial charge in [0.15, 0.2) is 0 Å². The zero-order chi connectivity index (χ0) is 20.9. The fourth-order valence-electron chi connectivity index (χ4n) is 3.83. The molecule has 152 valence electrons. The standard InChI is InChI=1S/C25H24N2O3/c1-29-20-10-8-19(9-11-20)24-13-12-22(25(26-24)30-2)23-16-27(17-28)15-14-21(23)18-6-4-3-5-7-18/h3-13,17H,14-16H2,1-2H3. The van der Waals surface area contributed by atoms with Gasteiger partial charge in [0.1, 0.15) is 5.75 Å². The smallest absolute Gasteiger partial charge is 0.221 e. The first-order valence-electron chi connectivity index (χ1n) is 9.90. The lowest BCUT2D eigenvalue weighted by Gasteiger charge is -2.29. The third kappa shape index (κ3) is 3.92. The van der Waals surface area contributed by atoms with Crippen LogP contribution < -0.4 is 9.47 Å². The van der Waals surface area contributed by atoms with E-state index in [-0.39, 0.29) is 0 Å². The normalized spacial score (nSPS) is 13.9. The van der Waals surface area contributed by atoms with Crippen molar-refractivity contribution in [1.82, 2.24) is 9.88 Å². The quantitative estimate of drug-likeness (QED) is 0.570. The average Bonchev–Trinajstić information content (AvgIpc) is 2.84. The Bertz CT molecular complexity index is 1060. The summed E-state index contributed by atoms with van der Waals surface area (Å²) in [4.78, 5) is 18.0. The number of hydrogen-bond donors (Lipinski definition) is 0. The van der Waals surface area contributed by atoms with E-state index in [2.05, 4.69) is 12.1 Å². The Morgan fingerprint density at radius 1 is 0.867 bits per heavy atom. The summed E-state index contributed by atoms with van der Waals surface area (Å²) < 4.78 is 10.9. The van der Waals surface area contributed by atoms with Crippen LogP contribution in [0.4, 0.5) is 0 Å². The second kappa shape index (κ2) is 8.82. The van der Waals surface area contributed by atoms with Gasteiger partial charge in [0.25, 0.3) is 0 Å². The van der Waals surface area contributed by atoms with Crippen molar-refractivity contribution in [3.8, 4) is 22.9 Å². The van der Waals surface area contributed by atoms with Gasteiger partial charge in [0.05, 0.1) is 19.9 Å². The molecule has 0 aliphatic carbocycles. The lowest BCUT2D eigenvalue weighted by molar-refractivity contribution is -0.117. The van der Waals surface area contributed by atoms with Crippen LogP contribution in [0.1, 0.15) is 17.5 Å². The third-order valence-electron chi connectivity index (χ3n) is 5.41. The van der Waals surface area contributed by atoms with E-state index in [0.717, 1.165) is 41.0 Å². The van der Waals surface area contributed by atoms with Gasteiger partial charge in [-0.1, -0.05) is 30.3 Å². The number of pyridine rings is 1. The van der Waals surface area contributed by atoms with Crippen molar-refractivity contribution in [2.75, 3.05) is 27.3 Å². The zero-order valence-corrected chi connectivity index (χ0v) is 17.2. The maximum absolute atomic E-state index is 11.5. The summed E-state index contributed by atoms with van der Waals surface area (Å²) in [5, 5.41) is 0. The Kier molecular flexibility index (Phi) is 5.80. The number of carbonyl (C=O) groups is 1. The predicted octanol–water partition coefficient (Wildman–Crippen LogP) is 4.54. The van der Waals surface area contributed by atoms with E-state index in [1.807, 2.05) is 54.6 Å². The van der Waals surface area contributed by atoms with Crippen molar-refractivity contribution in [2.45, 2.75) is 6.42 Å². The van der Waals surface area contributed by atoms with Crippen LogP contribution in [0, 0.1) is 0 Å². The summed E-state index contributed by atoms with van der Waals surface area (Å²) in [6.07, 6.45) is 1.70. The van der Waals surface area contributed by atoms with Crippen LogP contribution in [0.25, 0.3) is 22.4 Å². The Morgan fingerprint density at radius 2 is 1.63 bits per heavy atom. The van der Waals surface area contributed by atoms with Crippen molar-refractivity contribution in [1.29, 1.82) is 0 Å². The van der Waals surface area contributed by atoms with Crippen molar-refractivity contribution < 1.29 is 14.3 Å². The number of amides is 1. The molecule has 4 rings (SSSR count). The molecule has 3 aromatic rings. The van der Waals surface area contributed by atoms with Gasteiger partial charge in [0.2, 0.25) is 12.3 Å². The summed E-state index contributed by atoms with van der Waals surface area (Å²) in [7, 11) is 3.28. The first kappa shape index (κ1) is 19.7. The van der Waals surface area contributed by atoms with Crippen LogP contribution in [0.3, 0.4) is 0 Å². The molecule has 0 bridgehead atoms. The summed E-state index contributed by atoms with van der Waals surface area (Å²) in [6.45, 7) is 1.24. The highest BCUT2D eigenvalue weighted by Gasteiger charge is 2.23. The Balaban J connectivity index is 1.80. The number of rotatable bonds is 6. The largest absolute Gasteiger partial charge is 0.497 e. The molecule has 0 radical (unpaired) electrons. The van der Waals surface area contributed by atoms with Gasteiger partial charge in [-0.05, 0) is 59.5 Å². The molecule has 0 saturated carbocycles. The molecule has 5 nitrogen and oxygen atoms in total. The molecule has 0 unspecified atom stereocenters. The van der Waals surface area contributed by atoms with E-state index in [9.17, 15) is 4.79 Å². The van der Waals surface area contributed by atoms with E-state index >= 15 is 0 Å². The fourth-order valence-corrected chi connectivity index (χ4v) is 3.83. The number of ether oxygens (including phenoxy) is 2. The number of aromatic nitrogens is 1. The van der Waals surface area contributed by atoms with Gasteiger partial charge in [-0.3, -0.25) is 4.79 Å². The van der Waals surface area contributed by atoms with E-state index in [1.165, 1.54) is 11.1 Å². The molecule has 5 heteroatoms. The minimum atomic E-state index is 0.535. The molecule has 0 spiro atoms. The lowest BCUT2D eigenvalue weighted by Crippen LogP contribution is -2.29. The molecule has 0 N–H and O–H groups in total. The Labute approximate surface area is 176 Å². The van der Waals surface area contributed by atoms with E-state index in [1.54, 1.807) is 19.1 Å². The molecule has 0 fully saturated rings. The summed E-state index contributed by atoms with van der Waals surface area (Å²) in [5.41, 5.74) is 6.19. The van der Waals surface area contributed by atoms with Crippen molar-refractivity contribution in [2.24, 2.45) is 0 Å². The third-order valence-corrected chi connectivity index (χ3v) is 5.41. The molecule has 1 aromatic heterocycles. The number of benzene rings is 2. The summed E-state index contributed by atoms with van der Waals surface area (Å²) in [6, 6.07) is 22.1. The fraction of sp³-hybridized carbons (Fsp3) is 0.200. The van der Waals surface area contributed by atoms with Gasteiger partial charge >= 0.3 is 0 Å². The molecular weight excluding hydrogens is 376 g/mol. The van der Waals surface area contributed by atoms with E-state index in [0.29, 0.717) is 19.0 Å². The Hall–Kier alpha value is -3.60. The predicted molar refractivity (Wildman–Crippen MR) is 118 cm³/mol. The zero-order valence-electron chi connectivity index (χ0n) is 17.2. The van der Waals surface area contributed by atoms with Crippen LogP contribution in [0.15, 0.2) is 66.7 Å². The molecule has 2 heterocycles. The molecule has 1 amide bonds. The van der Waals surface area contributed by atoms with Gasteiger partial charge in [-0.15, -0.1) is 0 Å². The maximum atomic E-state index is 11.5. The average molecular weight is 400 g/mol. The summed E-state index contributed by atoms with van der Waals surface area (Å²) in [5.74, 6) is 1.36. The lowest BCUT2D eigenvalue weighted by atomic mass is 9.89. The Morgan fingerprint density at radius 3 is 2.30 bits per heavy atom. The molecule has 2 aromatic carbocycles. The SMILES string of the molecule is COc1ccc(-c2ccc(C3=C(c4ccccc4)CCN(C=O)C3)c(OC)n2)cc1. The second-order valence-corrected chi connectivity index (χ2v) is 7.13. The number of methoxy groups -OCH3 is 2. The molecule has 0 atom stereocenters. The van der Waals surface area contributed by atoms with Gasteiger partial charge in [-0.25, -0.2) is 4.98 Å². The first-order valence-corrected chi connectivity index (χ1v) is 9.90. The minimum absolute atomic E-state index is 0.535. The van der Waals surface area contributed by atoms with Crippen molar-refractivity contribution in [3.63, 3.8) is 0 Å². The topological polar surface area (TPSA) is 51.7 Å². The molecule has 30 heavy (non-hydrogen) atoms. The molecular formula is C25H24N2O3. The van der Waals surface area contributed by atoms with E-state index in [4.69, 9.17) is 14.5 Å². The van der Waals surface area contributed by atoms with Crippen LogP contribution in [0.5, 0.6) is 11.6 Å². The monoisotopic (exact) mass is 400 g/mol. The number of hydrogen-bond acceptors (Lipinski definition) is 4. The number of carbonyl (C=O) groups excluding carboxylic acids is 1. The summed E-state index contributed by atoms with van der Waals surface area (Å²) >= 11 is 0. The van der Waals surface area contributed by atoms with Crippen molar-refractivity contribution >= 4 is 17.6 Å². The number of nitrogens with zero attached hydrogens (tertiary/aromatic N) is 2. The van der Waals surface area contributed by atoms with Crippen LogP contribution in [-0.2, 0) is 4.79 Å². The van der Waals surface area contributed by atoms with Crippen LogP contribution in [-0.4, -0.2) is 43.6 Å². The van der Waals surface area contributed by atoms with Gasteiger partial charge in [-0.2, -0.15) is 0 Å². The van der Waals surface area contributed by atoms with Gasteiger partial charge < -0.3 is 14.4 Å².